The van der Waals surface area contributed by atoms with Crippen molar-refractivity contribution in [3.05, 3.63) is 11.6 Å². The molecule has 7 nitrogen and oxygen atoms in total. The lowest BCUT2D eigenvalue weighted by molar-refractivity contribution is -0.193. The molecule has 0 aromatic rings. The van der Waals surface area contributed by atoms with Gasteiger partial charge >= 0.3 is 11.9 Å². The van der Waals surface area contributed by atoms with E-state index in [9.17, 15) is 24.3 Å². The second kappa shape index (κ2) is 10.9. The number of ether oxygens (including phenoxy) is 2. The maximum Gasteiger partial charge on any atom is 0.308 e. The van der Waals surface area contributed by atoms with Crippen LogP contribution in [0.15, 0.2) is 11.6 Å². The molecule has 0 radical (unpaired) electrons. The molecule has 4 aliphatic rings. The smallest absolute Gasteiger partial charge is 0.308 e. The molecule has 4 rings (SSSR count). The fraction of sp³-hybridized carbons (Fsp3) is 0.806. The van der Waals surface area contributed by atoms with Crippen molar-refractivity contribution in [1.82, 2.24) is 0 Å². The molecule has 38 heavy (non-hydrogen) atoms. The van der Waals surface area contributed by atoms with Gasteiger partial charge in [0.05, 0.1) is 12.5 Å². The van der Waals surface area contributed by atoms with Gasteiger partial charge in [0.25, 0.3) is 0 Å². The Morgan fingerprint density at radius 2 is 1.79 bits per heavy atom. The summed E-state index contributed by atoms with van der Waals surface area (Å²) >= 11 is 0. The van der Waals surface area contributed by atoms with E-state index >= 15 is 0 Å². The fourth-order valence-electron chi connectivity index (χ4n) is 8.77. The molecule has 0 bridgehead atoms. The molecular formula is C31H46O7. The van der Waals surface area contributed by atoms with Crippen molar-refractivity contribution < 1.29 is 33.8 Å². The zero-order valence-corrected chi connectivity index (χ0v) is 23.8. The molecule has 1 unspecified atom stereocenters. The van der Waals surface area contributed by atoms with Crippen LogP contribution in [0.25, 0.3) is 0 Å². The Hall–Kier alpha value is -2.02. The van der Waals surface area contributed by atoms with E-state index in [1.165, 1.54) is 5.57 Å². The van der Waals surface area contributed by atoms with Crippen molar-refractivity contribution in [3.63, 3.8) is 0 Å². The Morgan fingerprint density at radius 1 is 1.08 bits per heavy atom. The van der Waals surface area contributed by atoms with Crippen LogP contribution in [0.2, 0.25) is 0 Å². The van der Waals surface area contributed by atoms with E-state index in [-0.39, 0.29) is 41.7 Å². The molecule has 0 aromatic heterocycles. The molecule has 212 valence electrons. The summed E-state index contributed by atoms with van der Waals surface area (Å²) < 4.78 is 11.5. The van der Waals surface area contributed by atoms with Crippen molar-refractivity contribution >= 4 is 23.5 Å². The lowest BCUT2D eigenvalue weighted by atomic mass is 9.44. The number of hydrogen-bond acceptors (Lipinski definition) is 7. The van der Waals surface area contributed by atoms with Gasteiger partial charge in [0, 0.05) is 18.3 Å². The van der Waals surface area contributed by atoms with Crippen LogP contribution in [0.3, 0.4) is 0 Å². The Morgan fingerprint density at radius 3 is 2.47 bits per heavy atom. The summed E-state index contributed by atoms with van der Waals surface area (Å²) in [5.41, 5.74) is -0.580. The number of fused-ring (bicyclic) bond motifs is 5. The molecule has 3 fully saturated rings. The topological polar surface area (TPSA) is 107 Å². The van der Waals surface area contributed by atoms with E-state index in [0.29, 0.717) is 43.4 Å². The van der Waals surface area contributed by atoms with Crippen LogP contribution < -0.4 is 0 Å². The molecular weight excluding hydrogens is 484 g/mol. The average Bonchev–Trinajstić information content (AvgIpc) is 3.16. The third-order valence-corrected chi connectivity index (χ3v) is 10.8. The number of allylic oxidation sites excluding steroid dienone is 1. The summed E-state index contributed by atoms with van der Waals surface area (Å²) in [5.74, 6) is 0.204. The minimum atomic E-state index is -1.32. The van der Waals surface area contributed by atoms with E-state index in [1.54, 1.807) is 6.92 Å². The lowest BCUT2D eigenvalue weighted by Crippen LogP contribution is -2.60. The second-order valence-corrected chi connectivity index (χ2v) is 12.9. The van der Waals surface area contributed by atoms with Gasteiger partial charge in [0.2, 0.25) is 5.78 Å². The lowest BCUT2D eigenvalue weighted by Gasteiger charge is -2.60. The highest BCUT2D eigenvalue weighted by Crippen LogP contribution is 2.69. The summed E-state index contributed by atoms with van der Waals surface area (Å²) in [5, 5.41) is 9.80. The number of aliphatic hydroxyl groups excluding tert-OH is 1. The van der Waals surface area contributed by atoms with Gasteiger partial charge in [-0.2, -0.15) is 0 Å². The first-order chi connectivity index (χ1) is 17.9. The summed E-state index contributed by atoms with van der Waals surface area (Å²) in [6.45, 7) is 9.91. The number of carbonyl (C=O) groups excluding carboxylic acids is 4. The van der Waals surface area contributed by atoms with Crippen molar-refractivity contribution in [2.45, 2.75) is 117 Å². The van der Waals surface area contributed by atoms with Gasteiger partial charge in [0.15, 0.2) is 18.0 Å². The third-order valence-electron chi connectivity index (χ3n) is 10.8. The molecule has 3 saturated carbocycles. The first kappa shape index (κ1) is 29.0. The number of rotatable bonds is 9. The third kappa shape index (κ3) is 4.77. The summed E-state index contributed by atoms with van der Waals surface area (Å²) in [7, 11) is 0. The molecule has 0 aliphatic heterocycles. The monoisotopic (exact) mass is 530 g/mol. The number of hydrogen-bond donors (Lipinski definition) is 1. The molecule has 0 aromatic carbocycles. The van der Waals surface area contributed by atoms with E-state index in [4.69, 9.17) is 9.47 Å². The molecule has 8 atom stereocenters. The van der Waals surface area contributed by atoms with E-state index in [1.807, 2.05) is 13.0 Å². The summed E-state index contributed by atoms with van der Waals surface area (Å²) in [6, 6.07) is 0. The maximum absolute atomic E-state index is 13.9. The number of carbonyl (C=O) groups is 4. The van der Waals surface area contributed by atoms with Gasteiger partial charge in [-0.1, -0.05) is 40.2 Å². The Balaban J connectivity index is 1.62. The average molecular weight is 531 g/mol. The molecule has 0 saturated heterocycles. The fourth-order valence-corrected chi connectivity index (χ4v) is 8.77. The Bertz CT molecular complexity index is 1000. The van der Waals surface area contributed by atoms with Crippen LogP contribution in [-0.4, -0.2) is 46.9 Å². The molecule has 0 amide bonds. The van der Waals surface area contributed by atoms with Gasteiger partial charge in [-0.25, -0.2) is 0 Å². The number of aliphatic hydroxyl groups is 1. The van der Waals surface area contributed by atoms with Crippen LogP contribution in [-0.2, 0) is 28.7 Å². The van der Waals surface area contributed by atoms with Crippen LogP contribution in [0.5, 0.6) is 0 Å². The van der Waals surface area contributed by atoms with Crippen molar-refractivity contribution in [2.24, 2.45) is 34.5 Å². The Labute approximate surface area is 227 Å². The van der Waals surface area contributed by atoms with Crippen LogP contribution in [0, 0.1) is 34.5 Å². The van der Waals surface area contributed by atoms with Crippen LogP contribution in [0.1, 0.15) is 105 Å². The minimum Gasteiger partial charge on any atom is -0.457 e. The highest BCUT2D eigenvalue weighted by molar-refractivity contribution is 5.93. The first-order valence-electron chi connectivity index (χ1n) is 14.8. The highest BCUT2D eigenvalue weighted by atomic mass is 16.6. The number of ketones is 2. The minimum absolute atomic E-state index is 0.0125. The van der Waals surface area contributed by atoms with Crippen molar-refractivity contribution in [3.8, 4) is 0 Å². The van der Waals surface area contributed by atoms with Crippen LogP contribution >= 0.6 is 0 Å². The zero-order valence-electron chi connectivity index (χ0n) is 23.8. The van der Waals surface area contributed by atoms with E-state index in [0.717, 1.165) is 32.1 Å². The molecule has 7 heteroatoms. The number of Topliss-reactive ketones (excluding diaryl/α,β-unsaturated/α-hetero) is 1. The van der Waals surface area contributed by atoms with Crippen molar-refractivity contribution in [1.29, 1.82) is 0 Å². The van der Waals surface area contributed by atoms with Gasteiger partial charge in [-0.05, 0) is 86.5 Å². The standard InChI is InChI=1S/C31H46O7/c1-6-8-27(35)38-31(26(34)18-37-28(36)17-20(32)7-2)14-11-24-22-15-19(3)25-16-21(33)9-12-29(25,4)23(22)10-13-30(24,31)5/h16,19-20,22-24,32H,6-15,17-18H2,1-5H3/t19-,20?,22+,23-,24-,29+,30-,31-/m0/s1. The molecule has 0 spiro atoms. The summed E-state index contributed by atoms with van der Waals surface area (Å²) in [4.78, 5) is 51.4. The highest BCUT2D eigenvalue weighted by Gasteiger charge is 2.69. The Kier molecular flexibility index (Phi) is 8.28. The quantitative estimate of drug-likeness (QED) is 0.412. The predicted octanol–water partition coefficient (Wildman–Crippen LogP) is 5.12. The van der Waals surface area contributed by atoms with Crippen LogP contribution in [0.4, 0.5) is 0 Å². The number of esters is 2. The van der Waals surface area contributed by atoms with Crippen molar-refractivity contribution in [2.75, 3.05) is 6.61 Å². The van der Waals surface area contributed by atoms with E-state index < -0.39 is 29.7 Å². The van der Waals surface area contributed by atoms with Gasteiger partial charge in [-0.3, -0.25) is 19.2 Å². The van der Waals surface area contributed by atoms with Gasteiger partial charge < -0.3 is 14.6 Å². The largest absolute Gasteiger partial charge is 0.457 e. The summed E-state index contributed by atoms with van der Waals surface area (Å²) in [6.07, 6.45) is 7.55. The van der Waals surface area contributed by atoms with Gasteiger partial charge in [-0.15, -0.1) is 0 Å². The normalized spacial score (nSPS) is 38.8. The zero-order chi connectivity index (χ0) is 27.9. The van der Waals surface area contributed by atoms with E-state index in [2.05, 4.69) is 20.8 Å². The second-order valence-electron chi connectivity index (χ2n) is 12.9. The maximum atomic E-state index is 13.9. The molecule has 0 heterocycles. The SMILES string of the molecule is CCCC(=O)O[C@]1(C(=O)COC(=O)CC(O)CC)CC[C@H]2[C@@H]3C[C@H](C)C4=CC(=O)CC[C@]4(C)[C@H]3CC[C@@]21C. The predicted molar refractivity (Wildman–Crippen MR) is 142 cm³/mol. The molecule has 1 N–H and O–H groups in total. The van der Waals surface area contributed by atoms with Gasteiger partial charge in [0.1, 0.15) is 0 Å². The first-order valence-corrected chi connectivity index (χ1v) is 14.8. The molecule has 4 aliphatic carbocycles.